The molecule has 2 aromatic heterocycles. The number of rotatable bonds is 4. The van der Waals surface area contributed by atoms with Gasteiger partial charge in [0.2, 0.25) is 0 Å². The van der Waals surface area contributed by atoms with Crippen molar-refractivity contribution < 1.29 is 31.1 Å². The maximum Gasteiger partial charge on any atom is 0.459 e. The molecule has 5 nitrogen and oxygen atoms in total. The maximum absolute atomic E-state index is 14.2. The number of aromatic nitrogens is 3. The molecule has 152 valence electrons. The van der Waals surface area contributed by atoms with Crippen molar-refractivity contribution in [3.8, 4) is 11.3 Å². The molecule has 29 heavy (non-hydrogen) atoms. The zero-order chi connectivity index (χ0) is 21.0. The fourth-order valence-corrected chi connectivity index (χ4v) is 2.71. The van der Waals surface area contributed by atoms with E-state index < -0.39 is 29.5 Å². The van der Waals surface area contributed by atoms with Crippen LogP contribution in [0.2, 0.25) is 0 Å². The Morgan fingerprint density at radius 3 is 2.31 bits per heavy atom. The summed E-state index contributed by atoms with van der Waals surface area (Å²) in [5.41, 5.74) is -2.32. The van der Waals surface area contributed by atoms with Gasteiger partial charge in [0.15, 0.2) is 11.3 Å². The minimum atomic E-state index is -5.90. The van der Waals surface area contributed by atoms with Gasteiger partial charge in [-0.05, 0) is 43.2 Å². The highest BCUT2D eigenvalue weighted by Gasteiger charge is 2.60. The van der Waals surface area contributed by atoms with Crippen molar-refractivity contribution in [3.05, 3.63) is 53.6 Å². The molecule has 1 fully saturated rings. The Labute approximate surface area is 159 Å². The van der Waals surface area contributed by atoms with E-state index in [1.165, 1.54) is 12.1 Å². The molecule has 0 aliphatic heterocycles. The first-order chi connectivity index (χ1) is 13.6. The fourth-order valence-electron chi connectivity index (χ4n) is 2.71. The molecule has 0 saturated heterocycles. The van der Waals surface area contributed by atoms with E-state index in [0.29, 0.717) is 10.6 Å². The molecule has 2 heterocycles. The average molecular weight is 414 g/mol. The van der Waals surface area contributed by atoms with Gasteiger partial charge in [0.1, 0.15) is 11.5 Å². The number of carbonyl (C=O) groups excluding carboxylic acids is 1. The smallest absolute Gasteiger partial charge is 0.348 e. The first-order valence-electron chi connectivity index (χ1n) is 8.49. The monoisotopic (exact) mass is 414 g/mol. The molecule has 0 bridgehead atoms. The summed E-state index contributed by atoms with van der Waals surface area (Å²) in [6, 6.07) is 5.93. The molecule has 1 aliphatic rings. The molecule has 4 rings (SSSR count). The van der Waals surface area contributed by atoms with Crippen molar-refractivity contribution in [2.45, 2.75) is 31.0 Å². The summed E-state index contributed by atoms with van der Waals surface area (Å²) >= 11 is 0. The molecule has 1 N–H and O–H groups in total. The number of hydrogen-bond donors (Lipinski definition) is 1. The van der Waals surface area contributed by atoms with Crippen LogP contribution in [0.1, 0.15) is 29.0 Å². The van der Waals surface area contributed by atoms with Crippen molar-refractivity contribution >= 4 is 11.6 Å². The Morgan fingerprint density at radius 2 is 1.72 bits per heavy atom. The normalized spacial score (nSPS) is 15.0. The number of fused-ring (bicyclic) bond motifs is 1. The highest BCUT2D eigenvalue weighted by Crippen LogP contribution is 2.44. The molecule has 1 aromatic carbocycles. The van der Waals surface area contributed by atoms with E-state index in [2.05, 4.69) is 15.4 Å². The number of benzene rings is 1. The topological polar surface area (TPSA) is 59.3 Å². The van der Waals surface area contributed by atoms with Crippen LogP contribution in [0.5, 0.6) is 0 Å². The van der Waals surface area contributed by atoms with Crippen molar-refractivity contribution in [3.63, 3.8) is 0 Å². The highest BCUT2D eigenvalue weighted by molar-refractivity contribution is 5.93. The summed E-state index contributed by atoms with van der Waals surface area (Å²) in [6.07, 6.45) is -4.39. The van der Waals surface area contributed by atoms with E-state index >= 15 is 0 Å². The predicted octanol–water partition coefficient (Wildman–Crippen LogP) is 4.08. The zero-order valence-electron chi connectivity index (χ0n) is 14.5. The SMILES string of the molecule is O=C(NC1CC1)c1cc2nc(-c3ccc(F)cc3)cc(C(F)(F)C(F)(F)F)n2n1. The number of carbonyl (C=O) groups is 1. The van der Waals surface area contributed by atoms with E-state index in [-0.39, 0.29) is 28.6 Å². The van der Waals surface area contributed by atoms with Crippen LogP contribution in [-0.4, -0.2) is 32.7 Å². The molecule has 1 aliphatic carbocycles. The van der Waals surface area contributed by atoms with Crippen LogP contribution in [0, 0.1) is 5.82 Å². The molecule has 0 atom stereocenters. The van der Waals surface area contributed by atoms with Gasteiger partial charge >= 0.3 is 12.1 Å². The Morgan fingerprint density at radius 1 is 1.07 bits per heavy atom. The summed E-state index contributed by atoms with van der Waals surface area (Å²) in [7, 11) is 0. The lowest BCUT2D eigenvalue weighted by molar-refractivity contribution is -0.291. The summed E-state index contributed by atoms with van der Waals surface area (Å²) in [6.45, 7) is 0. The summed E-state index contributed by atoms with van der Waals surface area (Å²) in [4.78, 5) is 16.2. The lowest BCUT2D eigenvalue weighted by atomic mass is 10.1. The number of halogens is 6. The molecular weight excluding hydrogens is 402 g/mol. The van der Waals surface area contributed by atoms with Crippen molar-refractivity contribution in [1.29, 1.82) is 0 Å². The molecule has 1 saturated carbocycles. The Bertz CT molecular complexity index is 1090. The molecule has 11 heteroatoms. The van der Waals surface area contributed by atoms with Gasteiger partial charge in [0.05, 0.1) is 5.69 Å². The number of alkyl halides is 5. The van der Waals surface area contributed by atoms with Crippen LogP contribution < -0.4 is 5.32 Å². The third-order valence-electron chi connectivity index (χ3n) is 4.39. The van der Waals surface area contributed by atoms with Crippen LogP contribution in [0.4, 0.5) is 26.3 Å². The van der Waals surface area contributed by atoms with E-state index in [1.807, 2.05) is 0 Å². The molecule has 0 unspecified atom stereocenters. The zero-order valence-corrected chi connectivity index (χ0v) is 14.5. The minimum absolute atomic E-state index is 0.0638. The average Bonchev–Trinajstić information content (AvgIpc) is 3.35. The Hall–Kier alpha value is -3.11. The summed E-state index contributed by atoms with van der Waals surface area (Å²) in [5, 5.41) is 6.20. The quantitative estimate of drug-likeness (QED) is 0.655. The van der Waals surface area contributed by atoms with Gasteiger partial charge in [0.25, 0.3) is 5.91 Å². The lowest BCUT2D eigenvalue weighted by Crippen LogP contribution is -2.36. The van der Waals surface area contributed by atoms with Gasteiger partial charge in [-0.15, -0.1) is 0 Å². The van der Waals surface area contributed by atoms with Crippen LogP contribution >= 0.6 is 0 Å². The fraction of sp³-hybridized carbons (Fsp3) is 0.278. The van der Waals surface area contributed by atoms with Gasteiger partial charge in [-0.25, -0.2) is 13.9 Å². The number of amides is 1. The molecule has 1 amide bonds. The van der Waals surface area contributed by atoms with Crippen LogP contribution in [0.3, 0.4) is 0 Å². The predicted molar refractivity (Wildman–Crippen MR) is 88.8 cm³/mol. The van der Waals surface area contributed by atoms with E-state index in [0.717, 1.165) is 31.0 Å². The third-order valence-corrected chi connectivity index (χ3v) is 4.39. The maximum atomic E-state index is 14.2. The Kier molecular flexibility index (Phi) is 4.28. The van der Waals surface area contributed by atoms with Gasteiger partial charge in [-0.1, -0.05) is 0 Å². The van der Waals surface area contributed by atoms with Crippen molar-refractivity contribution in [2.24, 2.45) is 0 Å². The number of nitrogens with zero attached hydrogens (tertiary/aromatic N) is 3. The largest absolute Gasteiger partial charge is 0.459 e. The summed E-state index contributed by atoms with van der Waals surface area (Å²) in [5.74, 6) is -6.57. The number of nitrogens with one attached hydrogen (secondary N) is 1. The lowest BCUT2D eigenvalue weighted by Gasteiger charge is -2.21. The van der Waals surface area contributed by atoms with E-state index in [9.17, 15) is 31.1 Å². The third kappa shape index (κ3) is 3.52. The van der Waals surface area contributed by atoms with Gasteiger partial charge < -0.3 is 5.32 Å². The molecule has 3 aromatic rings. The standard InChI is InChI=1S/C18H12F6N4O/c19-10-3-1-9(2-4-10)12-7-14(17(20,21)18(22,23)24)28-15(26-12)8-13(27-28)16(29)25-11-5-6-11/h1-4,7-8,11H,5-6H2,(H,25,29). The Balaban J connectivity index is 1.89. The highest BCUT2D eigenvalue weighted by atomic mass is 19.4. The second-order valence-corrected chi connectivity index (χ2v) is 6.65. The van der Waals surface area contributed by atoms with E-state index in [1.54, 1.807) is 0 Å². The van der Waals surface area contributed by atoms with Crippen molar-refractivity contribution in [1.82, 2.24) is 19.9 Å². The second-order valence-electron chi connectivity index (χ2n) is 6.65. The molecule has 0 radical (unpaired) electrons. The van der Waals surface area contributed by atoms with Crippen LogP contribution in [-0.2, 0) is 5.92 Å². The van der Waals surface area contributed by atoms with Crippen LogP contribution in [0.25, 0.3) is 16.9 Å². The van der Waals surface area contributed by atoms with Crippen LogP contribution in [0.15, 0.2) is 36.4 Å². The second kappa shape index (κ2) is 6.46. The van der Waals surface area contributed by atoms with E-state index in [4.69, 9.17) is 0 Å². The minimum Gasteiger partial charge on any atom is -0.348 e. The molecular formula is C18H12F6N4O. The molecule has 0 spiro atoms. The van der Waals surface area contributed by atoms with Gasteiger partial charge in [0, 0.05) is 17.7 Å². The van der Waals surface area contributed by atoms with Gasteiger partial charge in [-0.2, -0.15) is 27.1 Å². The summed E-state index contributed by atoms with van der Waals surface area (Å²) < 4.78 is 81.0. The number of hydrogen-bond acceptors (Lipinski definition) is 3. The van der Waals surface area contributed by atoms with Crippen molar-refractivity contribution in [2.75, 3.05) is 0 Å². The van der Waals surface area contributed by atoms with Gasteiger partial charge in [-0.3, -0.25) is 4.79 Å². The first-order valence-corrected chi connectivity index (χ1v) is 8.49. The first kappa shape index (κ1) is 19.2.